The monoisotopic (exact) mass is 203 g/mol. The summed E-state index contributed by atoms with van der Waals surface area (Å²) in [5.74, 6) is -0.172. The first-order chi connectivity index (χ1) is 7.25. The molecule has 1 aromatic rings. The Morgan fingerprint density at radius 2 is 2.00 bits per heavy atom. The van der Waals surface area contributed by atoms with E-state index < -0.39 is 0 Å². The van der Waals surface area contributed by atoms with Crippen LogP contribution >= 0.6 is 0 Å². The van der Waals surface area contributed by atoms with Gasteiger partial charge in [0.2, 0.25) is 0 Å². The molecule has 0 aliphatic carbocycles. The molecule has 1 aromatic carbocycles. The number of phenolic OH excluding ortho intramolecular Hbond substituents is 1. The van der Waals surface area contributed by atoms with Crippen molar-refractivity contribution in [2.45, 2.75) is 0 Å². The molecule has 15 heavy (non-hydrogen) atoms. The average Bonchev–Trinajstić information content (AvgIpc) is 2.63. The fraction of sp³-hybridized carbons (Fsp3) is 0. The van der Waals surface area contributed by atoms with Crippen molar-refractivity contribution in [2.75, 3.05) is 5.32 Å². The second kappa shape index (κ2) is 3.88. The fourth-order valence-electron chi connectivity index (χ4n) is 1.13. The first-order valence-electron chi connectivity index (χ1n) is 4.39. The number of benzene rings is 1. The molecule has 2 N–H and O–H groups in total. The molecule has 2 rings (SSSR count). The molecule has 0 amide bonds. The first kappa shape index (κ1) is 9.33. The van der Waals surface area contributed by atoms with Crippen LogP contribution in [0.5, 0.6) is 5.75 Å². The number of cyclic esters (lactones) is 1. The van der Waals surface area contributed by atoms with Gasteiger partial charge in [-0.05, 0) is 30.3 Å². The Bertz CT molecular complexity index is 432. The summed E-state index contributed by atoms with van der Waals surface area (Å²) >= 11 is 0. The predicted octanol–water partition coefficient (Wildman–Crippen LogP) is 1.76. The summed E-state index contributed by atoms with van der Waals surface area (Å²) in [5.41, 5.74) is 1.25. The van der Waals surface area contributed by atoms with Gasteiger partial charge in [0.15, 0.2) is 0 Å². The highest BCUT2D eigenvalue weighted by molar-refractivity contribution is 5.94. The third-order valence-corrected chi connectivity index (χ3v) is 1.92. The number of carbonyl (C=O) groups is 1. The standard InChI is InChI=1S/C11H9NO3/c13-10-3-1-9(2-4-10)12-7-8-5-6-15-11(8)14/h1-7,12-13H. The molecule has 0 unspecified atom stereocenters. The lowest BCUT2D eigenvalue weighted by Gasteiger charge is -2.00. The average molecular weight is 203 g/mol. The molecule has 76 valence electrons. The summed E-state index contributed by atoms with van der Waals surface area (Å²) in [6.07, 6.45) is 4.47. The maximum Gasteiger partial charge on any atom is 0.344 e. The Morgan fingerprint density at radius 3 is 2.60 bits per heavy atom. The number of carbonyl (C=O) groups excluding carboxylic acids is 1. The molecule has 0 bridgehead atoms. The first-order valence-corrected chi connectivity index (χ1v) is 4.39. The molecule has 0 radical (unpaired) electrons. The maximum atomic E-state index is 11.0. The van der Waals surface area contributed by atoms with Gasteiger partial charge in [0, 0.05) is 11.9 Å². The number of nitrogens with one attached hydrogen (secondary N) is 1. The highest BCUT2D eigenvalue weighted by Gasteiger charge is 2.12. The fourth-order valence-corrected chi connectivity index (χ4v) is 1.13. The third-order valence-electron chi connectivity index (χ3n) is 1.92. The zero-order valence-corrected chi connectivity index (χ0v) is 7.81. The van der Waals surface area contributed by atoms with Gasteiger partial charge >= 0.3 is 5.97 Å². The van der Waals surface area contributed by atoms with Crippen LogP contribution < -0.4 is 5.32 Å². The molecule has 4 heteroatoms. The molecule has 1 aliphatic rings. The van der Waals surface area contributed by atoms with Crippen LogP contribution in [0.2, 0.25) is 0 Å². The quantitative estimate of drug-likeness (QED) is 0.437. The van der Waals surface area contributed by atoms with E-state index in [4.69, 9.17) is 5.11 Å². The zero-order valence-electron chi connectivity index (χ0n) is 7.81. The number of anilines is 1. The number of esters is 1. The van der Waals surface area contributed by atoms with E-state index in [0.717, 1.165) is 5.69 Å². The molecule has 0 atom stereocenters. The summed E-state index contributed by atoms with van der Waals surface area (Å²) in [6.45, 7) is 0. The van der Waals surface area contributed by atoms with E-state index in [0.29, 0.717) is 5.57 Å². The molecule has 0 fully saturated rings. The van der Waals surface area contributed by atoms with Crippen LogP contribution in [0.15, 0.2) is 48.4 Å². The van der Waals surface area contributed by atoms with E-state index in [-0.39, 0.29) is 11.7 Å². The normalized spacial score (nSPS) is 16.8. The lowest BCUT2D eigenvalue weighted by molar-refractivity contribution is -0.132. The Hall–Kier alpha value is -2.23. The van der Waals surface area contributed by atoms with Gasteiger partial charge in [-0.3, -0.25) is 0 Å². The zero-order chi connectivity index (χ0) is 10.7. The minimum Gasteiger partial charge on any atom is -0.508 e. The maximum absolute atomic E-state index is 11.0. The van der Waals surface area contributed by atoms with Gasteiger partial charge in [0.25, 0.3) is 0 Å². The number of hydrogen-bond donors (Lipinski definition) is 2. The Labute approximate surface area is 86.5 Å². The highest BCUT2D eigenvalue weighted by atomic mass is 16.5. The number of ether oxygens (including phenoxy) is 1. The van der Waals surface area contributed by atoms with Crippen molar-refractivity contribution >= 4 is 11.7 Å². The van der Waals surface area contributed by atoms with Gasteiger partial charge in [0.05, 0.1) is 11.8 Å². The Balaban J connectivity index is 2.07. The summed E-state index contributed by atoms with van der Waals surface area (Å²) in [6, 6.07) is 6.53. The summed E-state index contributed by atoms with van der Waals surface area (Å²) in [5, 5.41) is 12.0. The van der Waals surface area contributed by atoms with Crippen LogP contribution in [-0.2, 0) is 9.53 Å². The van der Waals surface area contributed by atoms with Crippen molar-refractivity contribution in [3.8, 4) is 5.75 Å². The summed E-state index contributed by atoms with van der Waals surface area (Å²) in [4.78, 5) is 11.0. The van der Waals surface area contributed by atoms with E-state index in [9.17, 15) is 4.79 Å². The lowest BCUT2D eigenvalue weighted by Crippen LogP contribution is -1.98. The van der Waals surface area contributed by atoms with Crippen molar-refractivity contribution < 1.29 is 14.6 Å². The molecule has 1 aliphatic heterocycles. The molecular weight excluding hydrogens is 194 g/mol. The summed E-state index contributed by atoms with van der Waals surface area (Å²) in [7, 11) is 0. The van der Waals surface area contributed by atoms with Gasteiger partial charge in [0.1, 0.15) is 5.75 Å². The van der Waals surface area contributed by atoms with Gasteiger partial charge in [-0.15, -0.1) is 0 Å². The SMILES string of the molecule is O=C1OC=CC1=CNc1ccc(O)cc1. The highest BCUT2D eigenvalue weighted by Crippen LogP contribution is 2.15. The van der Waals surface area contributed by atoms with Crippen LogP contribution in [0.3, 0.4) is 0 Å². The largest absolute Gasteiger partial charge is 0.508 e. The van der Waals surface area contributed by atoms with Gasteiger partial charge in [-0.2, -0.15) is 0 Å². The smallest absolute Gasteiger partial charge is 0.344 e. The number of rotatable bonds is 2. The second-order valence-electron chi connectivity index (χ2n) is 3.00. The Kier molecular flexibility index (Phi) is 2.41. The van der Waals surface area contributed by atoms with Crippen molar-refractivity contribution in [1.29, 1.82) is 0 Å². The van der Waals surface area contributed by atoms with Crippen LogP contribution in [0.4, 0.5) is 5.69 Å². The second-order valence-corrected chi connectivity index (χ2v) is 3.00. The lowest BCUT2D eigenvalue weighted by atomic mass is 10.3. The van der Waals surface area contributed by atoms with Gasteiger partial charge in [-0.25, -0.2) is 4.79 Å². The Morgan fingerprint density at radius 1 is 1.27 bits per heavy atom. The number of aromatic hydroxyl groups is 1. The van der Waals surface area contributed by atoms with Crippen LogP contribution in [-0.4, -0.2) is 11.1 Å². The van der Waals surface area contributed by atoms with Crippen LogP contribution in [0.25, 0.3) is 0 Å². The number of hydrogen-bond acceptors (Lipinski definition) is 4. The molecule has 0 saturated carbocycles. The minimum atomic E-state index is -0.374. The molecule has 0 spiro atoms. The molecule has 1 heterocycles. The van der Waals surface area contributed by atoms with Crippen molar-refractivity contribution in [1.82, 2.24) is 0 Å². The van der Waals surface area contributed by atoms with Crippen LogP contribution in [0.1, 0.15) is 0 Å². The van der Waals surface area contributed by atoms with Crippen molar-refractivity contribution in [3.63, 3.8) is 0 Å². The van der Waals surface area contributed by atoms with E-state index in [1.807, 2.05) is 0 Å². The minimum absolute atomic E-state index is 0.202. The van der Waals surface area contributed by atoms with Gasteiger partial charge in [-0.1, -0.05) is 0 Å². The van der Waals surface area contributed by atoms with Crippen molar-refractivity contribution in [3.05, 3.63) is 48.4 Å². The van der Waals surface area contributed by atoms with E-state index in [1.165, 1.54) is 6.26 Å². The topological polar surface area (TPSA) is 58.6 Å². The molecular formula is C11H9NO3. The van der Waals surface area contributed by atoms with E-state index in [2.05, 4.69) is 10.1 Å². The summed E-state index contributed by atoms with van der Waals surface area (Å²) < 4.78 is 4.61. The van der Waals surface area contributed by atoms with Gasteiger partial charge < -0.3 is 15.2 Å². The number of phenols is 1. The molecule has 0 aromatic heterocycles. The van der Waals surface area contributed by atoms with E-state index in [1.54, 1.807) is 36.5 Å². The molecule has 0 saturated heterocycles. The molecule has 4 nitrogen and oxygen atoms in total. The van der Waals surface area contributed by atoms with Crippen molar-refractivity contribution in [2.24, 2.45) is 0 Å². The van der Waals surface area contributed by atoms with Crippen LogP contribution in [0, 0.1) is 0 Å². The predicted molar refractivity (Wildman–Crippen MR) is 55.0 cm³/mol. The van der Waals surface area contributed by atoms with E-state index >= 15 is 0 Å². The third kappa shape index (κ3) is 2.17.